The lowest BCUT2D eigenvalue weighted by atomic mass is 9.90. The number of benzene rings is 1. The molecule has 1 aromatic carbocycles. The minimum Gasteiger partial charge on any atom is -0.319 e. The topological polar surface area (TPSA) is 43.1 Å². The zero-order valence-electron chi connectivity index (χ0n) is 11.7. The normalized spacial score (nSPS) is 13.6. The molecule has 2 nitrogen and oxygen atoms in total. The highest BCUT2D eigenvalue weighted by molar-refractivity contribution is 5.85. The van der Waals surface area contributed by atoms with Gasteiger partial charge in [-0.3, -0.25) is 4.79 Å². The maximum Gasteiger partial charge on any atom is 0.149 e. The molecular formula is C15H25NO. The Kier molecular flexibility index (Phi) is 6.74. The fraction of sp³-hybridized carbons (Fsp3) is 0.533. The summed E-state index contributed by atoms with van der Waals surface area (Å²) in [5, 5.41) is 0. The van der Waals surface area contributed by atoms with Crippen LogP contribution in [0.2, 0.25) is 0 Å². The summed E-state index contributed by atoms with van der Waals surface area (Å²) in [6.07, 6.45) is 0.600. The Labute approximate surface area is 105 Å². The van der Waals surface area contributed by atoms with Gasteiger partial charge < -0.3 is 5.73 Å². The number of carbonyl (C=O) groups is 1. The van der Waals surface area contributed by atoms with Gasteiger partial charge in [-0.15, -0.1) is 0 Å². The van der Waals surface area contributed by atoms with Crippen LogP contribution in [0.1, 0.15) is 40.2 Å². The van der Waals surface area contributed by atoms with Crippen molar-refractivity contribution in [2.75, 3.05) is 0 Å². The van der Waals surface area contributed by atoms with E-state index in [2.05, 4.69) is 20.8 Å². The number of nitrogens with two attached hydrogens (primary N) is 1. The molecule has 96 valence electrons. The Balaban J connectivity index is 0.000000557. The van der Waals surface area contributed by atoms with Gasteiger partial charge in [0.2, 0.25) is 0 Å². The van der Waals surface area contributed by atoms with Gasteiger partial charge in [0.05, 0.1) is 5.54 Å². The zero-order valence-corrected chi connectivity index (χ0v) is 11.7. The molecule has 0 fully saturated rings. The van der Waals surface area contributed by atoms with Crippen LogP contribution in [0, 0.1) is 5.92 Å². The summed E-state index contributed by atoms with van der Waals surface area (Å²) in [4.78, 5) is 11.1. The van der Waals surface area contributed by atoms with Crippen LogP contribution >= 0.6 is 0 Å². The van der Waals surface area contributed by atoms with Crippen LogP contribution in [0.5, 0.6) is 0 Å². The van der Waals surface area contributed by atoms with Gasteiger partial charge in [0.25, 0.3) is 0 Å². The smallest absolute Gasteiger partial charge is 0.149 e. The molecule has 0 radical (unpaired) electrons. The lowest BCUT2D eigenvalue weighted by Crippen LogP contribution is -2.45. The molecule has 0 aliphatic heterocycles. The predicted octanol–water partition coefficient (Wildman–Crippen LogP) is 3.20. The second kappa shape index (κ2) is 7.23. The van der Waals surface area contributed by atoms with Crippen LogP contribution in [-0.4, -0.2) is 11.3 Å². The van der Waals surface area contributed by atoms with Crippen LogP contribution < -0.4 is 5.73 Å². The van der Waals surface area contributed by atoms with Crippen LogP contribution in [0.25, 0.3) is 0 Å². The van der Waals surface area contributed by atoms with E-state index in [9.17, 15) is 4.79 Å². The maximum atomic E-state index is 11.1. The fourth-order valence-corrected chi connectivity index (χ4v) is 1.14. The minimum atomic E-state index is -0.735. The van der Waals surface area contributed by atoms with Gasteiger partial charge in [0, 0.05) is 0 Å². The number of ketones is 1. The molecule has 1 aromatic rings. The first kappa shape index (κ1) is 15.9. The SMILES string of the molecule is CC(=O)C(C)(N)Cc1ccccc1.CC(C)C. The number of rotatable bonds is 3. The highest BCUT2D eigenvalue weighted by Crippen LogP contribution is 2.10. The number of Topliss-reactive ketones (excluding diaryl/α,β-unsaturated/α-hetero) is 1. The van der Waals surface area contributed by atoms with Gasteiger partial charge in [0.1, 0.15) is 5.78 Å². The highest BCUT2D eigenvalue weighted by Gasteiger charge is 2.24. The molecule has 0 spiro atoms. The third kappa shape index (κ3) is 7.70. The molecule has 2 N–H and O–H groups in total. The highest BCUT2D eigenvalue weighted by atomic mass is 16.1. The van der Waals surface area contributed by atoms with Crippen molar-refractivity contribution in [2.45, 2.75) is 46.6 Å². The largest absolute Gasteiger partial charge is 0.319 e. The molecule has 0 aliphatic carbocycles. The first-order valence-electron chi connectivity index (χ1n) is 6.09. The molecule has 0 heterocycles. The van der Waals surface area contributed by atoms with E-state index in [4.69, 9.17) is 5.73 Å². The number of carbonyl (C=O) groups excluding carboxylic acids is 1. The van der Waals surface area contributed by atoms with Gasteiger partial charge >= 0.3 is 0 Å². The van der Waals surface area contributed by atoms with Crippen molar-refractivity contribution >= 4 is 5.78 Å². The lowest BCUT2D eigenvalue weighted by Gasteiger charge is -2.20. The van der Waals surface area contributed by atoms with Crippen LogP contribution in [-0.2, 0) is 11.2 Å². The number of hydrogen-bond acceptors (Lipinski definition) is 2. The van der Waals surface area contributed by atoms with Crippen molar-refractivity contribution in [3.05, 3.63) is 35.9 Å². The maximum absolute atomic E-state index is 11.1. The number of hydrogen-bond donors (Lipinski definition) is 1. The summed E-state index contributed by atoms with van der Waals surface area (Å²) in [5.74, 6) is 0.858. The van der Waals surface area contributed by atoms with Crippen molar-refractivity contribution in [1.29, 1.82) is 0 Å². The zero-order chi connectivity index (χ0) is 13.5. The van der Waals surface area contributed by atoms with E-state index < -0.39 is 5.54 Å². The van der Waals surface area contributed by atoms with Crippen LogP contribution in [0.15, 0.2) is 30.3 Å². The Morgan fingerprint density at radius 2 is 1.65 bits per heavy atom. The average molecular weight is 235 g/mol. The van der Waals surface area contributed by atoms with E-state index >= 15 is 0 Å². The Bertz CT molecular complexity index is 325. The van der Waals surface area contributed by atoms with E-state index in [1.165, 1.54) is 6.92 Å². The predicted molar refractivity (Wildman–Crippen MR) is 73.9 cm³/mol. The molecule has 2 heteroatoms. The van der Waals surface area contributed by atoms with Crippen molar-refractivity contribution in [1.82, 2.24) is 0 Å². The van der Waals surface area contributed by atoms with Gasteiger partial charge in [-0.05, 0) is 31.7 Å². The summed E-state index contributed by atoms with van der Waals surface area (Å²) in [5.41, 5.74) is 6.21. The van der Waals surface area contributed by atoms with E-state index in [-0.39, 0.29) is 5.78 Å². The molecule has 0 amide bonds. The summed E-state index contributed by atoms with van der Waals surface area (Å²) in [6.45, 7) is 9.80. The van der Waals surface area contributed by atoms with E-state index in [0.717, 1.165) is 11.5 Å². The summed E-state index contributed by atoms with van der Waals surface area (Å²) in [6, 6.07) is 9.81. The Morgan fingerprint density at radius 1 is 1.24 bits per heavy atom. The first-order valence-corrected chi connectivity index (χ1v) is 6.09. The second-order valence-corrected chi connectivity index (χ2v) is 5.37. The molecule has 0 aliphatic rings. The quantitative estimate of drug-likeness (QED) is 0.874. The molecule has 0 saturated heterocycles. The van der Waals surface area contributed by atoms with Gasteiger partial charge in [-0.2, -0.15) is 0 Å². The molecule has 1 atom stereocenters. The summed E-state index contributed by atoms with van der Waals surface area (Å²) in [7, 11) is 0. The van der Waals surface area contributed by atoms with Crippen molar-refractivity contribution < 1.29 is 4.79 Å². The van der Waals surface area contributed by atoms with E-state index in [1.54, 1.807) is 6.92 Å². The molecular weight excluding hydrogens is 210 g/mol. The molecule has 1 rings (SSSR count). The molecule has 1 unspecified atom stereocenters. The minimum absolute atomic E-state index is 0.0244. The van der Waals surface area contributed by atoms with Crippen molar-refractivity contribution in [3.8, 4) is 0 Å². The van der Waals surface area contributed by atoms with Crippen molar-refractivity contribution in [2.24, 2.45) is 11.7 Å². The van der Waals surface area contributed by atoms with Crippen molar-refractivity contribution in [3.63, 3.8) is 0 Å². The van der Waals surface area contributed by atoms with E-state index in [0.29, 0.717) is 6.42 Å². The van der Waals surface area contributed by atoms with E-state index in [1.807, 2.05) is 30.3 Å². The third-order valence-electron chi connectivity index (χ3n) is 2.22. The van der Waals surface area contributed by atoms with Gasteiger partial charge in [-0.25, -0.2) is 0 Å². The Hall–Kier alpha value is -1.15. The van der Waals surface area contributed by atoms with Crippen LogP contribution in [0.4, 0.5) is 0 Å². The van der Waals surface area contributed by atoms with Crippen LogP contribution in [0.3, 0.4) is 0 Å². The second-order valence-electron chi connectivity index (χ2n) is 5.37. The molecule has 0 aromatic heterocycles. The monoisotopic (exact) mass is 235 g/mol. The Morgan fingerprint density at radius 3 is 2.00 bits per heavy atom. The molecule has 0 saturated carbocycles. The third-order valence-corrected chi connectivity index (χ3v) is 2.22. The lowest BCUT2D eigenvalue weighted by molar-refractivity contribution is -0.121. The summed E-state index contributed by atoms with van der Waals surface area (Å²) >= 11 is 0. The summed E-state index contributed by atoms with van der Waals surface area (Å²) < 4.78 is 0. The molecule has 0 bridgehead atoms. The standard InChI is InChI=1S/C11H15NO.C4H10/c1-9(13)11(2,12)8-10-6-4-3-5-7-10;1-4(2)3/h3-7H,8,12H2,1-2H3;4H,1-3H3. The first-order chi connectivity index (χ1) is 7.75. The molecule has 17 heavy (non-hydrogen) atoms. The van der Waals surface area contributed by atoms with Gasteiger partial charge in [0.15, 0.2) is 0 Å². The van der Waals surface area contributed by atoms with Gasteiger partial charge in [-0.1, -0.05) is 51.1 Å². The fourth-order valence-electron chi connectivity index (χ4n) is 1.14. The average Bonchev–Trinajstić information content (AvgIpc) is 2.17.